The molecule has 0 amide bonds. The first-order chi connectivity index (χ1) is 11.3. The zero-order valence-electron chi connectivity index (χ0n) is 12.5. The minimum atomic E-state index is 0.643. The monoisotopic (exact) mass is 338 g/mol. The molecule has 0 spiro atoms. The Kier molecular flexibility index (Phi) is 3.81. The van der Waals surface area contributed by atoms with E-state index in [4.69, 9.17) is 14.7 Å². The number of hydrogen-bond donors (Lipinski definition) is 0. The summed E-state index contributed by atoms with van der Waals surface area (Å²) in [5.41, 5.74) is 3.62. The molecule has 3 nitrogen and oxygen atoms in total. The topological polar surface area (TPSA) is 35.0 Å². The van der Waals surface area contributed by atoms with Gasteiger partial charge < -0.3 is 4.74 Å². The highest BCUT2D eigenvalue weighted by molar-refractivity contribution is 7.14. The third kappa shape index (κ3) is 2.73. The fourth-order valence-corrected chi connectivity index (χ4v) is 3.89. The average molecular weight is 338 g/mol. The van der Waals surface area contributed by atoms with Gasteiger partial charge in [0.1, 0.15) is 17.1 Å². The first kappa shape index (κ1) is 14.4. The van der Waals surface area contributed by atoms with Gasteiger partial charge in [0.2, 0.25) is 0 Å². The zero-order chi connectivity index (χ0) is 15.6. The number of aromatic nitrogens is 2. The highest BCUT2D eigenvalue weighted by Gasteiger charge is 2.15. The van der Waals surface area contributed by atoms with Crippen molar-refractivity contribution in [3.8, 4) is 26.9 Å². The first-order valence-corrected chi connectivity index (χ1v) is 9.13. The standard InChI is InChI=1S/C18H14N2OS2/c1-2-21-12-7-8-13-14(11-12)20-18(16-6-4-10-23-16)17(19-13)15-5-3-9-22-15/h3-11H,2H2,1H3. The van der Waals surface area contributed by atoms with E-state index in [9.17, 15) is 0 Å². The van der Waals surface area contributed by atoms with Crippen LogP contribution in [-0.4, -0.2) is 16.6 Å². The molecule has 1 aromatic carbocycles. The summed E-state index contributed by atoms with van der Waals surface area (Å²) >= 11 is 3.37. The van der Waals surface area contributed by atoms with E-state index in [1.807, 2.05) is 37.3 Å². The van der Waals surface area contributed by atoms with Gasteiger partial charge in [-0.3, -0.25) is 0 Å². The quantitative estimate of drug-likeness (QED) is 0.494. The molecule has 0 aliphatic heterocycles. The van der Waals surface area contributed by atoms with Gasteiger partial charge in [-0.1, -0.05) is 12.1 Å². The largest absolute Gasteiger partial charge is 0.494 e. The molecule has 0 N–H and O–H groups in total. The number of nitrogens with zero attached hydrogens (tertiary/aromatic N) is 2. The molecule has 0 fully saturated rings. The summed E-state index contributed by atoms with van der Waals surface area (Å²) in [7, 11) is 0. The Bertz CT molecular complexity index is 931. The van der Waals surface area contributed by atoms with Gasteiger partial charge in [0.25, 0.3) is 0 Å². The average Bonchev–Trinajstić information content (AvgIpc) is 3.27. The molecule has 0 atom stereocenters. The Balaban J connectivity index is 1.96. The van der Waals surface area contributed by atoms with Crippen LogP contribution in [0.1, 0.15) is 6.92 Å². The van der Waals surface area contributed by atoms with E-state index in [0.29, 0.717) is 6.61 Å². The lowest BCUT2D eigenvalue weighted by molar-refractivity contribution is 0.340. The minimum absolute atomic E-state index is 0.643. The molecule has 4 aromatic rings. The van der Waals surface area contributed by atoms with Crippen LogP contribution in [0.4, 0.5) is 0 Å². The highest BCUT2D eigenvalue weighted by Crippen LogP contribution is 2.35. The Hall–Kier alpha value is -2.24. The van der Waals surface area contributed by atoms with Gasteiger partial charge in [-0.25, -0.2) is 9.97 Å². The van der Waals surface area contributed by atoms with Gasteiger partial charge in [0, 0.05) is 6.07 Å². The Morgan fingerprint density at radius 2 is 1.52 bits per heavy atom. The molecule has 0 saturated carbocycles. The van der Waals surface area contributed by atoms with E-state index >= 15 is 0 Å². The van der Waals surface area contributed by atoms with Crippen LogP contribution in [0.25, 0.3) is 32.2 Å². The van der Waals surface area contributed by atoms with Gasteiger partial charge >= 0.3 is 0 Å². The van der Waals surface area contributed by atoms with Gasteiger partial charge in [0.05, 0.1) is 27.4 Å². The van der Waals surface area contributed by atoms with Gasteiger partial charge in [-0.05, 0) is 41.9 Å². The Morgan fingerprint density at radius 1 is 0.870 bits per heavy atom. The second-order valence-electron chi connectivity index (χ2n) is 4.96. The van der Waals surface area contributed by atoms with E-state index in [1.54, 1.807) is 22.7 Å². The van der Waals surface area contributed by atoms with Crippen molar-refractivity contribution < 1.29 is 4.74 Å². The summed E-state index contributed by atoms with van der Waals surface area (Å²) in [6.07, 6.45) is 0. The Morgan fingerprint density at radius 3 is 2.09 bits per heavy atom. The van der Waals surface area contributed by atoms with Crippen LogP contribution >= 0.6 is 22.7 Å². The molecule has 4 rings (SSSR count). The molecule has 114 valence electrons. The maximum atomic E-state index is 5.58. The predicted octanol–water partition coefficient (Wildman–Crippen LogP) is 5.49. The molecule has 0 aliphatic carbocycles. The Labute approximate surface area is 142 Å². The van der Waals surface area contributed by atoms with Gasteiger partial charge in [0.15, 0.2) is 0 Å². The molecule has 0 radical (unpaired) electrons. The lowest BCUT2D eigenvalue weighted by atomic mass is 10.2. The molecule has 3 aromatic heterocycles. The molecular weight excluding hydrogens is 324 g/mol. The molecule has 0 unspecified atom stereocenters. The van der Waals surface area contributed by atoms with Crippen LogP contribution in [0.5, 0.6) is 5.75 Å². The fourth-order valence-electron chi connectivity index (χ4n) is 2.46. The third-order valence-corrected chi connectivity index (χ3v) is 5.21. The van der Waals surface area contributed by atoms with Crippen molar-refractivity contribution in [1.29, 1.82) is 0 Å². The SMILES string of the molecule is CCOc1ccc2nc(-c3cccs3)c(-c3cccs3)nc2c1. The number of fused-ring (bicyclic) bond motifs is 1. The molecule has 0 saturated heterocycles. The molecule has 5 heteroatoms. The summed E-state index contributed by atoms with van der Waals surface area (Å²) in [6, 6.07) is 14.1. The smallest absolute Gasteiger partial charge is 0.121 e. The number of thiophene rings is 2. The number of rotatable bonds is 4. The lowest BCUT2D eigenvalue weighted by Gasteiger charge is -2.09. The van der Waals surface area contributed by atoms with Crippen molar-refractivity contribution in [3.63, 3.8) is 0 Å². The highest BCUT2D eigenvalue weighted by atomic mass is 32.1. The van der Waals surface area contributed by atoms with Crippen molar-refractivity contribution in [3.05, 3.63) is 53.2 Å². The molecule has 0 aliphatic rings. The van der Waals surface area contributed by atoms with Crippen molar-refractivity contribution >= 4 is 33.7 Å². The van der Waals surface area contributed by atoms with E-state index in [0.717, 1.165) is 37.9 Å². The van der Waals surface area contributed by atoms with Crippen LogP contribution in [0.15, 0.2) is 53.2 Å². The van der Waals surface area contributed by atoms with Crippen LogP contribution in [-0.2, 0) is 0 Å². The van der Waals surface area contributed by atoms with Gasteiger partial charge in [-0.2, -0.15) is 0 Å². The van der Waals surface area contributed by atoms with Gasteiger partial charge in [-0.15, -0.1) is 22.7 Å². The number of hydrogen-bond acceptors (Lipinski definition) is 5. The first-order valence-electron chi connectivity index (χ1n) is 7.37. The second kappa shape index (κ2) is 6.10. The van der Waals surface area contributed by atoms with E-state index in [2.05, 4.69) is 22.9 Å². The van der Waals surface area contributed by atoms with Crippen molar-refractivity contribution in [2.24, 2.45) is 0 Å². The van der Waals surface area contributed by atoms with E-state index in [1.165, 1.54) is 0 Å². The summed E-state index contributed by atoms with van der Waals surface area (Å²) in [6.45, 7) is 2.62. The molecule has 3 heterocycles. The summed E-state index contributed by atoms with van der Waals surface area (Å²) in [5.74, 6) is 0.829. The lowest BCUT2D eigenvalue weighted by Crippen LogP contribution is -1.95. The maximum absolute atomic E-state index is 5.58. The van der Waals surface area contributed by atoms with Crippen LogP contribution < -0.4 is 4.74 Å². The maximum Gasteiger partial charge on any atom is 0.121 e. The van der Waals surface area contributed by atoms with Crippen molar-refractivity contribution in [2.45, 2.75) is 6.92 Å². The predicted molar refractivity (Wildman–Crippen MR) is 97.3 cm³/mol. The summed E-state index contributed by atoms with van der Waals surface area (Å²) in [5, 5.41) is 4.13. The number of ether oxygens (including phenoxy) is 1. The third-order valence-electron chi connectivity index (χ3n) is 3.46. The number of benzene rings is 1. The van der Waals surface area contributed by atoms with E-state index in [-0.39, 0.29) is 0 Å². The van der Waals surface area contributed by atoms with Crippen molar-refractivity contribution in [2.75, 3.05) is 6.61 Å². The summed E-state index contributed by atoms with van der Waals surface area (Å²) < 4.78 is 5.58. The minimum Gasteiger partial charge on any atom is -0.494 e. The molecular formula is C18H14N2OS2. The van der Waals surface area contributed by atoms with Crippen LogP contribution in [0.2, 0.25) is 0 Å². The normalized spacial score (nSPS) is 11.0. The van der Waals surface area contributed by atoms with Crippen molar-refractivity contribution in [1.82, 2.24) is 9.97 Å². The molecule has 23 heavy (non-hydrogen) atoms. The van der Waals surface area contributed by atoms with E-state index < -0.39 is 0 Å². The zero-order valence-corrected chi connectivity index (χ0v) is 14.2. The van der Waals surface area contributed by atoms with Crippen LogP contribution in [0, 0.1) is 0 Å². The second-order valence-corrected chi connectivity index (χ2v) is 6.85. The fraction of sp³-hybridized carbons (Fsp3) is 0.111. The summed E-state index contributed by atoms with van der Waals surface area (Å²) in [4.78, 5) is 12.0. The van der Waals surface area contributed by atoms with Crippen LogP contribution in [0.3, 0.4) is 0 Å². The molecule has 0 bridgehead atoms.